The standard InChI is InChI=1S/C23H28N4O7S.C22H26N4O5/c1-35(29,30)27-11-8-16(9-12-27)25-23-24-10-7-19(26-23)33-17-13-31-21-18(14-32-20(17)21)34-22(28)15-5-3-2-4-6-15;27-21(14-4-2-1-3-5-14)31-17-13-29-19-16(12-28-20(17)19)30-18-8-11-24-22(26-18)25-15-6-9-23-10-7-15/h2-7,10,16-18,20-21H,8-9,11-14H2,1H3,(H,24,25,26);1-5,8,11,15-17,19-20,23H,6-7,9-10,12-13H2,(H,24,25,26)/t17-,18-,20+,21+;16-,17-,19+,20+/m00/s1. The summed E-state index contributed by atoms with van der Waals surface area (Å²) in [5.41, 5.74) is 0.983. The molecule has 352 valence electrons. The van der Waals surface area contributed by atoms with Crippen LogP contribution in [0.5, 0.6) is 11.8 Å². The predicted molar refractivity (Wildman–Crippen MR) is 236 cm³/mol. The molecule has 0 spiro atoms. The van der Waals surface area contributed by atoms with Crippen molar-refractivity contribution in [2.24, 2.45) is 0 Å². The first-order valence-electron chi connectivity index (χ1n) is 22.3. The summed E-state index contributed by atoms with van der Waals surface area (Å²) in [6, 6.07) is 21.5. The molecule has 0 amide bonds. The van der Waals surface area contributed by atoms with Crippen LogP contribution in [0.3, 0.4) is 0 Å². The van der Waals surface area contributed by atoms with Crippen molar-refractivity contribution < 1.29 is 55.9 Å². The Bertz CT molecular complexity index is 2360. The third-order valence-corrected chi connectivity index (χ3v) is 13.5. The molecule has 0 radical (unpaired) electrons. The fourth-order valence-corrected chi connectivity index (χ4v) is 9.62. The SMILES string of the molecule is CS(=O)(=O)N1CCC(Nc2nccc(O[C@H]3CO[C@H]4[C@@H]3OC[C@@H]4OC(=O)c3ccccc3)n2)CC1.O=C(O[C@H]1CO[C@H]2[C@@H]1OC[C@@H]2Oc1ccnc(NC2CCNCC2)n1)c1ccccc1. The molecular formula is C45H54N8O12S. The van der Waals surface area contributed by atoms with Gasteiger partial charge in [-0.05, 0) is 63.0 Å². The number of fused-ring (bicyclic) bond motifs is 2. The topological polar surface area (TPSA) is 233 Å². The number of piperidine rings is 2. The van der Waals surface area contributed by atoms with Crippen LogP contribution in [0, 0.1) is 0 Å². The first-order valence-corrected chi connectivity index (χ1v) is 24.1. The highest BCUT2D eigenvalue weighted by Crippen LogP contribution is 2.33. The zero-order valence-electron chi connectivity index (χ0n) is 36.4. The second-order valence-corrected chi connectivity index (χ2v) is 18.8. The lowest BCUT2D eigenvalue weighted by atomic mass is 10.1. The minimum atomic E-state index is -3.17. The Morgan fingerprint density at radius 2 is 1.02 bits per heavy atom. The minimum absolute atomic E-state index is 0.0701. The zero-order chi connectivity index (χ0) is 45.5. The number of ether oxygens (including phenoxy) is 8. The summed E-state index contributed by atoms with van der Waals surface area (Å²) in [4.78, 5) is 42.3. The summed E-state index contributed by atoms with van der Waals surface area (Å²) in [5.74, 6) is 1.02. The van der Waals surface area contributed by atoms with Crippen LogP contribution in [0.2, 0.25) is 0 Å². The molecule has 6 aliphatic rings. The van der Waals surface area contributed by atoms with Crippen LogP contribution in [0.4, 0.5) is 11.9 Å². The Kier molecular flexibility index (Phi) is 14.5. The Labute approximate surface area is 382 Å². The van der Waals surface area contributed by atoms with Crippen molar-refractivity contribution in [1.29, 1.82) is 0 Å². The number of carbonyl (C=O) groups excluding carboxylic acids is 2. The van der Waals surface area contributed by atoms with Crippen LogP contribution in [0.1, 0.15) is 46.4 Å². The van der Waals surface area contributed by atoms with Crippen molar-refractivity contribution in [3.05, 3.63) is 96.3 Å². The van der Waals surface area contributed by atoms with Crippen LogP contribution >= 0.6 is 0 Å². The molecule has 6 fully saturated rings. The zero-order valence-corrected chi connectivity index (χ0v) is 37.2. The molecule has 0 unspecified atom stereocenters. The van der Waals surface area contributed by atoms with Gasteiger partial charge in [-0.25, -0.2) is 32.3 Å². The van der Waals surface area contributed by atoms with Crippen LogP contribution in [-0.2, 0) is 38.4 Å². The van der Waals surface area contributed by atoms with Crippen molar-refractivity contribution >= 4 is 33.9 Å². The number of esters is 2. The van der Waals surface area contributed by atoms with Crippen LogP contribution in [0.15, 0.2) is 85.2 Å². The molecule has 8 heterocycles. The van der Waals surface area contributed by atoms with E-state index in [1.54, 1.807) is 73.1 Å². The Morgan fingerprint density at radius 3 is 1.45 bits per heavy atom. The Morgan fingerprint density at radius 1 is 0.606 bits per heavy atom. The monoisotopic (exact) mass is 930 g/mol. The van der Waals surface area contributed by atoms with Gasteiger partial charge in [-0.3, -0.25) is 0 Å². The quantitative estimate of drug-likeness (QED) is 0.164. The predicted octanol–water partition coefficient (Wildman–Crippen LogP) is 2.49. The van der Waals surface area contributed by atoms with Crippen LogP contribution < -0.4 is 25.4 Å². The van der Waals surface area contributed by atoms with Gasteiger partial charge in [0.05, 0.1) is 43.8 Å². The van der Waals surface area contributed by atoms with Gasteiger partial charge < -0.3 is 53.8 Å². The van der Waals surface area contributed by atoms with Gasteiger partial charge in [0.2, 0.25) is 33.7 Å². The molecule has 0 aliphatic carbocycles. The molecule has 8 atom stereocenters. The molecule has 6 aliphatic heterocycles. The van der Waals surface area contributed by atoms with Crippen molar-refractivity contribution in [2.45, 2.75) is 86.6 Å². The average molecular weight is 931 g/mol. The molecule has 21 heteroatoms. The lowest BCUT2D eigenvalue weighted by Gasteiger charge is -2.30. The first-order chi connectivity index (χ1) is 32.1. The number of benzene rings is 2. The van der Waals surface area contributed by atoms with Crippen molar-refractivity contribution in [2.75, 3.05) is 69.5 Å². The third kappa shape index (κ3) is 11.3. The van der Waals surface area contributed by atoms with Crippen LogP contribution in [0.25, 0.3) is 0 Å². The van der Waals surface area contributed by atoms with Crippen molar-refractivity contribution in [1.82, 2.24) is 29.6 Å². The second-order valence-electron chi connectivity index (χ2n) is 16.8. The lowest BCUT2D eigenvalue weighted by Crippen LogP contribution is -2.42. The van der Waals surface area contributed by atoms with Crippen LogP contribution in [-0.4, -0.2) is 164 Å². The summed E-state index contributed by atoms with van der Waals surface area (Å²) in [7, 11) is -3.17. The number of sulfonamides is 1. The second kappa shape index (κ2) is 21.0. The maximum Gasteiger partial charge on any atom is 0.338 e. The van der Waals surface area contributed by atoms with Gasteiger partial charge in [0, 0.05) is 49.7 Å². The molecule has 0 saturated carbocycles. The lowest BCUT2D eigenvalue weighted by molar-refractivity contribution is -0.0195. The first kappa shape index (κ1) is 45.6. The molecule has 4 aromatic rings. The molecule has 6 saturated heterocycles. The molecule has 10 rings (SSSR count). The van der Waals surface area contributed by atoms with Crippen molar-refractivity contribution in [3.8, 4) is 11.8 Å². The van der Waals surface area contributed by atoms with Gasteiger partial charge in [0.1, 0.15) is 24.4 Å². The van der Waals surface area contributed by atoms with Gasteiger partial charge in [0.15, 0.2) is 24.4 Å². The molecule has 3 N–H and O–H groups in total. The Balaban J connectivity index is 0.000000167. The maximum absolute atomic E-state index is 12.4. The molecule has 20 nitrogen and oxygen atoms in total. The molecule has 2 aromatic heterocycles. The molecular weight excluding hydrogens is 877 g/mol. The summed E-state index contributed by atoms with van der Waals surface area (Å²) < 4.78 is 71.7. The van der Waals surface area contributed by atoms with E-state index in [-0.39, 0.29) is 56.2 Å². The number of anilines is 2. The van der Waals surface area contributed by atoms with E-state index < -0.39 is 40.4 Å². The summed E-state index contributed by atoms with van der Waals surface area (Å²) in [6.07, 6.45) is 4.74. The fourth-order valence-electron chi connectivity index (χ4n) is 8.75. The average Bonchev–Trinajstić information content (AvgIpc) is 4.13. The summed E-state index contributed by atoms with van der Waals surface area (Å²) in [5, 5.41) is 9.98. The van der Waals surface area contributed by atoms with Gasteiger partial charge >= 0.3 is 11.9 Å². The number of hydrogen-bond acceptors (Lipinski definition) is 19. The number of carbonyl (C=O) groups is 2. The molecule has 2 aromatic carbocycles. The van der Waals surface area contributed by atoms with Gasteiger partial charge in [-0.15, -0.1) is 0 Å². The highest BCUT2D eigenvalue weighted by atomic mass is 32.2. The van der Waals surface area contributed by atoms with Gasteiger partial charge in [-0.1, -0.05) is 36.4 Å². The van der Waals surface area contributed by atoms with E-state index in [0.29, 0.717) is 73.4 Å². The Hall–Kier alpha value is -5.55. The van der Waals surface area contributed by atoms with E-state index in [4.69, 9.17) is 37.9 Å². The normalized spacial score (nSPS) is 27.7. The van der Waals surface area contributed by atoms with Crippen molar-refractivity contribution in [3.63, 3.8) is 0 Å². The van der Waals surface area contributed by atoms with Gasteiger partial charge in [0.25, 0.3) is 0 Å². The molecule has 0 bridgehead atoms. The maximum atomic E-state index is 12.4. The number of hydrogen-bond donors (Lipinski definition) is 3. The van der Waals surface area contributed by atoms with E-state index >= 15 is 0 Å². The summed E-state index contributed by atoms with van der Waals surface area (Å²) >= 11 is 0. The van der Waals surface area contributed by atoms with Gasteiger partial charge in [-0.2, -0.15) is 9.97 Å². The smallest absolute Gasteiger partial charge is 0.338 e. The number of aromatic nitrogens is 4. The summed E-state index contributed by atoms with van der Waals surface area (Å²) in [6.45, 7) is 4.04. The minimum Gasteiger partial charge on any atom is -0.469 e. The highest BCUT2D eigenvalue weighted by Gasteiger charge is 2.52. The number of rotatable bonds is 13. The number of nitrogens with zero attached hydrogens (tertiary/aromatic N) is 5. The van der Waals surface area contributed by atoms with E-state index in [1.165, 1.54) is 10.6 Å². The highest BCUT2D eigenvalue weighted by molar-refractivity contribution is 7.88. The third-order valence-electron chi connectivity index (χ3n) is 12.2. The van der Waals surface area contributed by atoms with E-state index in [0.717, 1.165) is 25.9 Å². The van der Waals surface area contributed by atoms with E-state index in [1.807, 2.05) is 12.1 Å². The number of nitrogens with one attached hydrogen (secondary N) is 3. The molecule has 66 heavy (non-hydrogen) atoms. The van der Waals surface area contributed by atoms with E-state index in [9.17, 15) is 18.0 Å². The van der Waals surface area contributed by atoms with E-state index in [2.05, 4.69) is 35.9 Å². The fraction of sp³-hybridized carbons (Fsp3) is 0.511. The largest absolute Gasteiger partial charge is 0.469 e.